The van der Waals surface area contributed by atoms with Crippen molar-refractivity contribution in [1.29, 1.82) is 5.41 Å². The maximum Gasteiger partial charge on any atom is 0.189 e. The number of pyridine rings is 1. The molecule has 1 aliphatic rings. The van der Waals surface area contributed by atoms with Gasteiger partial charge in [0.05, 0.1) is 5.69 Å². The van der Waals surface area contributed by atoms with E-state index in [1.807, 2.05) is 43.3 Å². The number of rotatable bonds is 5. The van der Waals surface area contributed by atoms with E-state index in [2.05, 4.69) is 15.6 Å². The van der Waals surface area contributed by atoms with Gasteiger partial charge in [-0.1, -0.05) is 18.2 Å². The van der Waals surface area contributed by atoms with Gasteiger partial charge in [0.25, 0.3) is 0 Å². The molecule has 0 bridgehead atoms. The normalized spacial score (nSPS) is 16.1. The predicted molar refractivity (Wildman–Crippen MR) is 94.8 cm³/mol. The quantitative estimate of drug-likeness (QED) is 0.449. The molecule has 0 radical (unpaired) electrons. The van der Waals surface area contributed by atoms with E-state index in [1.54, 1.807) is 13.2 Å². The fourth-order valence-electron chi connectivity index (χ4n) is 3.04. The molecule has 0 amide bonds. The number of hydrogen-bond donors (Lipinski definition) is 3. The van der Waals surface area contributed by atoms with Gasteiger partial charge in [0, 0.05) is 18.8 Å². The fraction of sp³-hybridized carbons (Fsp3) is 0.316. The summed E-state index contributed by atoms with van der Waals surface area (Å²) in [5.74, 6) is 0.359. The Morgan fingerprint density at radius 1 is 1.33 bits per heavy atom. The molecule has 1 saturated carbocycles. The second kappa shape index (κ2) is 6.43. The van der Waals surface area contributed by atoms with E-state index in [9.17, 15) is 4.79 Å². The number of hydrogen-bond acceptors (Lipinski definition) is 3. The Morgan fingerprint density at radius 3 is 2.75 bits per heavy atom. The predicted octanol–water partition coefficient (Wildman–Crippen LogP) is 2.60. The van der Waals surface area contributed by atoms with E-state index in [4.69, 9.17) is 5.41 Å². The largest absolute Gasteiger partial charge is 0.360 e. The van der Waals surface area contributed by atoms with Crippen LogP contribution in [-0.4, -0.2) is 24.3 Å². The number of carbonyl (C=O) groups excluding carboxylic acids is 1. The van der Waals surface area contributed by atoms with Crippen LogP contribution in [0.15, 0.2) is 42.6 Å². The molecule has 1 atom stereocenters. The maximum atomic E-state index is 12.1. The van der Waals surface area contributed by atoms with Gasteiger partial charge in [-0.3, -0.25) is 10.4 Å². The number of nitrogens with one attached hydrogen (secondary N) is 3. The van der Waals surface area contributed by atoms with Crippen molar-refractivity contribution in [1.82, 2.24) is 15.6 Å². The van der Waals surface area contributed by atoms with Crippen molar-refractivity contribution in [3.05, 3.63) is 53.7 Å². The van der Waals surface area contributed by atoms with Crippen LogP contribution in [0.25, 0.3) is 11.3 Å². The molecule has 0 saturated heterocycles. The molecule has 2 aromatic rings. The first-order valence-electron chi connectivity index (χ1n) is 8.13. The van der Waals surface area contributed by atoms with Crippen LogP contribution in [0.1, 0.15) is 24.0 Å². The summed E-state index contributed by atoms with van der Waals surface area (Å²) in [6.45, 7) is 2.03. The lowest BCUT2D eigenvalue weighted by Gasteiger charge is -2.31. The minimum atomic E-state index is -0.861. The zero-order chi connectivity index (χ0) is 17.2. The Labute approximate surface area is 142 Å². The van der Waals surface area contributed by atoms with Crippen LogP contribution in [0.3, 0.4) is 0 Å². The lowest BCUT2D eigenvalue weighted by Crippen LogP contribution is -2.52. The second-order valence-electron chi connectivity index (χ2n) is 6.31. The molecule has 5 heteroatoms. The summed E-state index contributed by atoms with van der Waals surface area (Å²) >= 11 is 0. The lowest BCUT2D eigenvalue weighted by molar-refractivity contribution is -0.114. The van der Waals surface area contributed by atoms with E-state index in [1.165, 1.54) is 0 Å². The monoisotopic (exact) mass is 322 g/mol. The molecule has 0 aliphatic heterocycles. The number of carbonyl (C=O) groups is 1. The zero-order valence-corrected chi connectivity index (χ0v) is 14.0. The van der Waals surface area contributed by atoms with Gasteiger partial charge in [0.1, 0.15) is 11.8 Å². The van der Waals surface area contributed by atoms with Crippen LogP contribution in [0.5, 0.6) is 0 Å². The summed E-state index contributed by atoms with van der Waals surface area (Å²) in [5, 5.41) is 13.8. The number of benzene rings is 1. The first-order chi connectivity index (χ1) is 11.6. The van der Waals surface area contributed by atoms with Gasteiger partial charge in [0.15, 0.2) is 5.96 Å². The Hall–Kier alpha value is -2.69. The summed E-state index contributed by atoms with van der Waals surface area (Å²) in [4.78, 5) is 16.5. The third-order valence-corrected chi connectivity index (χ3v) is 4.54. The molecular formula is C19H22N4O. The van der Waals surface area contributed by atoms with Crippen molar-refractivity contribution in [3.8, 4) is 11.3 Å². The Kier molecular flexibility index (Phi) is 4.34. The summed E-state index contributed by atoms with van der Waals surface area (Å²) in [5.41, 5.74) is 3.02. The second-order valence-corrected chi connectivity index (χ2v) is 6.31. The number of aryl methyl sites for hydroxylation is 1. The van der Waals surface area contributed by atoms with Gasteiger partial charge in [-0.15, -0.1) is 0 Å². The summed E-state index contributed by atoms with van der Waals surface area (Å²) in [7, 11) is 1.67. The molecule has 1 aromatic heterocycles. The van der Waals surface area contributed by atoms with Crippen LogP contribution in [0.4, 0.5) is 0 Å². The molecule has 3 N–H and O–H groups in total. The van der Waals surface area contributed by atoms with Crippen LogP contribution in [0.2, 0.25) is 0 Å². The van der Waals surface area contributed by atoms with Gasteiger partial charge < -0.3 is 15.4 Å². The first kappa shape index (κ1) is 16.2. The van der Waals surface area contributed by atoms with Crippen molar-refractivity contribution in [2.24, 2.45) is 5.92 Å². The zero-order valence-electron chi connectivity index (χ0n) is 14.0. The van der Waals surface area contributed by atoms with Gasteiger partial charge in [-0.25, -0.2) is 0 Å². The lowest BCUT2D eigenvalue weighted by atomic mass is 9.85. The average molecular weight is 322 g/mol. The van der Waals surface area contributed by atoms with Crippen molar-refractivity contribution in [2.75, 3.05) is 7.05 Å². The summed E-state index contributed by atoms with van der Waals surface area (Å²) in [6, 6.07) is 11.9. The highest BCUT2D eigenvalue weighted by Gasteiger charge is 2.47. The van der Waals surface area contributed by atoms with E-state index < -0.39 is 5.54 Å². The highest BCUT2D eigenvalue weighted by molar-refractivity contribution is 5.84. The van der Waals surface area contributed by atoms with E-state index in [0.717, 1.165) is 41.5 Å². The number of nitrogens with zero attached hydrogens (tertiary/aromatic N) is 1. The third-order valence-electron chi connectivity index (χ3n) is 4.54. The van der Waals surface area contributed by atoms with Gasteiger partial charge >= 0.3 is 0 Å². The smallest absolute Gasteiger partial charge is 0.189 e. The number of aldehydes is 1. The molecule has 1 aliphatic carbocycles. The molecule has 5 nitrogen and oxygen atoms in total. The molecule has 0 spiro atoms. The third kappa shape index (κ3) is 3.02. The van der Waals surface area contributed by atoms with Gasteiger partial charge in [-0.2, -0.15) is 0 Å². The van der Waals surface area contributed by atoms with E-state index in [-0.39, 0.29) is 11.9 Å². The van der Waals surface area contributed by atoms with Crippen LogP contribution < -0.4 is 10.6 Å². The highest BCUT2D eigenvalue weighted by Crippen LogP contribution is 2.45. The SMILES string of the molecule is CNC(=N)NC(C=O)(c1cccc(-c2cc(C)ccn2)c1)C1CC1. The fourth-order valence-corrected chi connectivity index (χ4v) is 3.04. The van der Waals surface area contributed by atoms with Gasteiger partial charge in [-0.05, 0) is 55.0 Å². The molecule has 124 valence electrons. The average Bonchev–Trinajstić information content (AvgIpc) is 3.45. The molecule has 3 rings (SSSR count). The van der Waals surface area contributed by atoms with Crippen molar-refractivity contribution < 1.29 is 4.79 Å². The van der Waals surface area contributed by atoms with Crippen LogP contribution >= 0.6 is 0 Å². The van der Waals surface area contributed by atoms with Gasteiger partial charge in [0.2, 0.25) is 0 Å². The molecular weight excluding hydrogens is 300 g/mol. The minimum Gasteiger partial charge on any atom is -0.360 e. The summed E-state index contributed by atoms with van der Waals surface area (Å²) in [6.07, 6.45) is 4.70. The van der Waals surface area contributed by atoms with Crippen molar-refractivity contribution >= 4 is 12.2 Å². The molecule has 1 fully saturated rings. The summed E-state index contributed by atoms with van der Waals surface area (Å²) < 4.78 is 0. The van der Waals surface area contributed by atoms with Crippen LogP contribution in [-0.2, 0) is 10.3 Å². The standard InChI is InChI=1S/C19H22N4O/c1-13-8-9-22-17(10-13)14-4-3-5-16(11-14)19(12-24,15-6-7-15)23-18(20)21-2/h3-5,8-12,15H,6-7H2,1-2H3,(H3,20,21,23). The molecule has 1 aromatic carbocycles. The number of guanidine groups is 1. The Bertz CT molecular complexity index is 769. The number of aromatic nitrogens is 1. The molecule has 24 heavy (non-hydrogen) atoms. The van der Waals surface area contributed by atoms with E-state index >= 15 is 0 Å². The molecule has 1 heterocycles. The first-order valence-corrected chi connectivity index (χ1v) is 8.13. The van der Waals surface area contributed by atoms with Crippen molar-refractivity contribution in [3.63, 3.8) is 0 Å². The maximum absolute atomic E-state index is 12.1. The van der Waals surface area contributed by atoms with Crippen LogP contribution in [0, 0.1) is 18.3 Å². The Balaban J connectivity index is 2.04. The molecule has 1 unspecified atom stereocenters. The van der Waals surface area contributed by atoms with Crippen molar-refractivity contribution in [2.45, 2.75) is 25.3 Å². The van der Waals surface area contributed by atoms with E-state index in [0.29, 0.717) is 0 Å². The Morgan fingerprint density at radius 2 is 2.12 bits per heavy atom. The minimum absolute atomic E-state index is 0.146. The topological polar surface area (TPSA) is 77.9 Å². The highest BCUT2D eigenvalue weighted by atomic mass is 16.1.